The Balaban J connectivity index is 1.26. The molecule has 1 aromatic rings. The van der Waals surface area contributed by atoms with Crippen molar-refractivity contribution in [1.29, 1.82) is 0 Å². The molecule has 1 aromatic carbocycles. The third kappa shape index (κ3) is 5.21. The molecule has 2 N–H and O–H groups in total. The Kier molecular flexibility index (Phi) is 5.39. The summed E-state index contributed by atoms with van der Waals surface area (Å²) in [5.74, 6) is 1.36. The first-order valence-electron chi connectivity index (χ1n) is 9.87. The van der Waals surface area contributed by atoms with Crippen molar-refractivity contribution in [3.8, 4) is 0 Å². The van der Waals surface area contributed by atoms with Gasteiger partial charge in [0.1, 0.15) is 0 Å². The summed E-state index contributed by atoms with van der Waals surface area (Å²) in [7, 11) is -3.47. The summed E-state index contributed by atoms with van der Waals surface area (Å²) in [6, 6.07) is 6.25. The van der Waals surface area contributed by atoms with Crippen LogP contribution in [0.15, 0.2) is 29.2 Å². The van der Waals surface area contributed by atoms with Crippen molar-refractivity contribution in [2.24, 2.45) is 11.8 Å². The minimum Gasteiger partial charge on any atom is -0.322 e. The number of piperazine rings is 1. The molecule has 0 atom stereocenters. The summed E-state index contributed by atoms with van der Waals surface area (Å²) in [5, 5.41) is 2.87. The number of sulfonamides is 1. The molecule has 0 spiro atoms. The Hall–Kier alpha value is -1.64. The van der Waals surface area contributed by atoms with Crippen LogP contribution in [0.1, 0.15) is 25.7 Å². The van der Waals surface area contributed by atoms with Gasteiger partial charge >= 0.3 is 6.03 Å². The molecule has 0 radical (unpaired) electrons. The van der Waals surface area contributed by atoms with Crippen LogP contribution in [-0.4, -0.2) is 63.5 Å². The van der Waals surface area contributed by atoms with Crippen LogP contribution < -0.4 is 10.0 Å². The normalized spacial score (nSPS) is 21.3. The zero-order valence-electron chi connectivity index (χ0n) is 15.6. The summed E-state index contributed by atoms with van der Waals surface area (Å²) >= 11 is 0. The second-order valence-electron chi connectivity index (χ2n) is 7.98. The third-order valence-electron chi connectivity index (χ3n) is 5.55. The number of urea groups is 1. The van der Waals surface area contributed by atoms with Crippen LogP contribution in [0.3, 0.4) is 0 Å². The van der Waals surface area contributed by atoms with E-state index in [1.54, 1.807) is 24.3 Å². The monoisotopic (exact) mass is 392 g/mol. The van der Waals surface area contributed by atoms with E-state index < -0.39 is 10.0 Å². The first-order valence-corrected chi connectivity index (χ1v) is 11.4. The van der Waals surface area contributed by atoms with E-state index in [1.807, 2.05) is 4.90 Å². The molecule has 8 heteroatoms. The minimum absolute atomic E-state index is 0.122. The largest absolute Gasteiger partial charge is 0.322 e. The molecule has 0 aromatic heterocycles. The van der Waals surface area contributed by atoms with E-state index in [1.165, 1.54) is 19.4 Å². The van der Waals surface area contributed by atoms with E-state index in [0.29, 0.717) is 18.2 Å². The van der Waals surface area contributed by atoms with Crippen LogP contribution in [0.2, 0.25) is 0 Å². The zero-order valence-corrected chi connectivity index (χ0v) is 16.4. The molecule has 2 aliphatic carbocycles. The van der Waals surface area contributed by atoms with Crippen LogP contribution in [0, 0.1) is 11.8 Å². The topological polar surface area (TPSA) is 81.7 Å². The Morgan fingerprint density at radius 2 is 1.59 bits per heavy atom. The second kappa shape index (κ2) is 7.77. The zero-order chi connectivity index (χ0) is 18.9. The van der Waals surface area contributed by atoms with Crippen molar-refractivity contribution in [1.82, 2.24) is 14.5 Å². The number of anilines is 1. The fraction of sp³-hybridized carbons (Fsp3) is 0.632. The lowest BCUT2D eigenvalue weighted by Crippen LogP contribution is -2.50. The van der Waals surface area contributed by atoms with Gasteiger partial charge in [-0.05, 0) is 61.8 Å². The Labute approximate surface area is 161 Å². The van der Waals surface area contributed by atoms with Crippen LogP contribution >= 0.6 is 0 Å². The fourth-order valence-corrected chi connectivity index (χ4v) is 4.47. The first-order chi connectivity index (χ1) is 13.0. The van der Waals surface area contributed by atoms with Gasteiger partial charge in [-0.25, -0.2) is 17.9 Å². The summed E-state index contributed by atoms with van der Waals surface area (Å²) in [6.07, 6.45) is 4.90. The molecule has 2 saturated carbocycles. The Morgan fingerprint density at radius 3 is 2.19 bits per heavy atom. The van der Waals surface area contributed by atoms with E-state index >= 15 is 0 Å². The molecule has 1 aliphatic heterocycles. The number of carbonyl (C=O) groups excluding carboxylic acids is 1. The second-order valence-corrected chi connectivity index (χ2v) is 9.75. The lowest BCUT2D eigenvalue weighted by atomic mass is 10.3. The molecule has 0 unspecified atom stereocenters. The highest BCUT2D eigenvalue weighted by Gasteiger charge is 2.28. The average Bonchev–Trinajstić information content (AvgIpc) is 3.56. The van der Waals surface area contributed by atoms with Gasteiger partial charge in [-0.1, -0.05) is 0 Å². The number of nitrogens with one attached hydrogen (secondary N) is 2. The number of benzene rings is 1. The van der Waals surface area contributed by atoms with E-state index in [4.69, 9.17) is 0 Å². The Morgan fingerprint density at radius 1 is 0.963 bits per heavy atom. The highest BCUT2D eigenvalue weighted by Crippen LogP contribution is 2.30. The smallest absolute Gasteiger partial charge is 0.321 e. The molecule has 1 heterocycles. The standard InChI is InChI=1S/C19H28N4O3S/c24-19(23-11-9-22(10-12-23)14-16-3-4-16)21-17-5-7-18(8-6-17)27(25,26)20-13-15-1-2-15/h5-8,15-16,20H,1-4,9-14H2,(H,21,24). The van der Waals surface area contributed by atoms with Crippen molar-refractivity contribution in [3.05, 3.63) is 24.3 Å². The maximum atomic E-state index is 12.4. The quantitative estimate of drug-likeness (QED) is 0.743. The molecule has 3 fully saturated rings. The summed E-state index contributed by atoms with van der Waals surface area (Å²) in [4.78, 5) is 16.9. The van der Waals surface area contributed by atoms with Crippen molar-refractivity contribution >= 4 is 21.7 Å². The van der Waals surface area contributed by atoms with Crippen molar-refractivity contribution in [3.63, 3.8) is 0 Å². The molecule has 1 saturated heterocycles. The Bertz CT molecular complexity index is 765. The number of amides is 2. The van der Waals surface area contributed by atoms with Crippen LogP contribution in [0.5, 0.6) is 0 Å². The molecule has 2 amide bonds. The summed E-state index contributed by atoms with van der Waals surface area (Å²) in [5.41, 5.74) is 0.613. The third-order valence-corrected chi connectivity index (χ3v) is 6.99. The number of rotatable bonds is 7. The van der Waals surface area contributed by atoms with Gasteiger partial charge in [-0.3, -0.25) is 4.90 Å². The number of hydrogen-bond donors (Lipinski definition) is 2. The highest BCUT2D eigenvalue weighted by atomic mass is 32.2. The van der Waals surface area contributed by atoms with Crippen molar-refractivity contribution < 1.29 is 13.2 Å². The maximum absolute atomic E-state index is 12.4. The van der Waals surface area contributed by atoms with Gasteiger partial charge in [-0.2, -0.15) is 0 Å². The van der Waals surface area contributed by atoms with Gasteiger partial charge in [0.05, 0.1) is 4.90 Å². The molecule has 27 heavy (non-hydrogen) atoms. The van der Waals surface area contributed by atoms with Crippen LogP contribution in [0.4, 0.5) is 10.5 Å². The molecular formula is C19H28N4O3S. The van der Waals surface area contributed by atoms with Gasteiger partial charge in [0.2, 0.25) is 10.0 Å². The van der Waals surface area contributed by atoms with Crippen molar-refractivity contribution in [2.75, 3.05) is 44.6 Å². The van der Waals surface area contributed by atoms with E-state index in [-0.39, 0.29) is 10.9 Å². The number of nitrogens with zero attached hydrogens (tertiary/aromatic N) is 2. The average molecular weight is 393 g/mol. The lowest BCUT2D eigenvalue weighted by molar-refractivity contribution is 0.144. The maximum Gasteiger partial charge on any atom is 0.321 e. The van der Waals surface area contributed by atoms with Gasteiger partial charge < -0.3 is 10.2 Å². The van der Waals surface area contributed by atoms with Crippen LogP contribution in [0.25, 0.3) is 0 Å². The molecule has 0 bridgehead atoms. The molecule has 3 aliphatic rings. The predicted molar refractivity (Wildman–Crippen MR) is 104 cm³/mol. The predicted octanol–water partition coefficient (Wildman–Crippen LogP) is 1.93. The highest BCUT2D eigenvalue weighted by molar-refractivity contribution is 7.89. The number of hydrogen-bond acceptors (Lipinski definition) is 4. The first kappa shape index (κ1) is 18.7. The minimum atomic E-state index is -3.47. The van der Waals surface area contributed by atoms with Gasteiger partial charge in [0, 0.05) is 45.0 Å². The lowest BCUT2D eigenvalue weighted by Gasteiger charge is -2.34. The summed E-state index contributed by atoms with van der Waals surface area (Å²) in [6.45, 7) is 4.99. The van der Waals surface area contributed by atoms with Gasteiger partial charge in [-0.15, -0.1) is 0 Å². The van der Waals surface area contributed by atoms with Crippen LogP contribution in [-0.2, 0) is 10.0 Å². The summed E-state index contributed by atoms with van der Waals surface area (Å²) < 4.78 is 27.1. The molecule has 4 rings (SSSR count). The molecular weight excluding hydrogens is 364 g/mol. The number of carbonyl (C=O) groups is 1. The van der Waals surface area contributed by atoms with Gasteiger partial charge in [0.25, 0.3) is 0 Å². The fourth-order valence-electron chi connectivity index (χ4n) is 3.35. The van der Waals surface area contributed by atoms with Gasteiger partial charge in [0.15, 0.2) is 0 Å². The van der Waals surface area contributed by atoms with E-state index in [9.17, 15) is 13.2 Å². The van der Waals surface area contributed by atoms with Crippen molar-refractivity contribution in [2.45, 2.75) is 30.6 Å². The van der Waals surface area contributed by atoms with E-state index in [2.05, 4.69) is 14.9 Å². The SMILES string of the molecule is O=C(Nc1ccc(S(=O)(=O)NCC2CC2)cc1)N1CCN(CC2CC2)CC1. The van der Waals surface area contributed by atoms with E-state index in [0.717, 1.165) is 44.9 Å². The molecule has 148 valence electrons. The molecule has 7 nitrogen and oxygen atoms in total.